The Balaban J connectivity index is 1.95. The molecule has 0 amide bonds. The maximum absolute atomic E-state index is 13.8. The van der Waals surface area contributed by atoms with Crippen LogP contribution >= 0.6 is 0 Å². The Hall–Kier alpha value is -2.56. The van der Waals surface area contributed by atoms with Gasteiger partial charge in [-0.2, -0.15) is 0 Å². The maximum atomic E-state index is 13.8. The lowest BCUT2D eigenvalue weighted by atomic mass is 10.3. The van der Waals surface area contributed by atoms with Crippen LogP contribution < -0.4 is 4.72 Å². The van der Waals surface area contributed by atoms with Gasteiger partial charge in [-0.15, -0.1) is 0 Å². The van der Waals surface area contributed by atoms with E-state index >= 15 is 0 Å². The predicted molar refractivity (Wildman–Crippen MR) is 96.6 cm³/mol. The summed E-state index contributed by atoms with van der Waals surface area (Å²) in [6.07, 6.45) is 1.25. The number of sulfonamides is 1. The van der Waals surface area contributed by atoms with Crippen molar-refractivity contribution in [2.45, 2.75) is 15.0 Å². The standard InChI is InChI=1S/C18H15F2NO5S2/c19-13-8-9-15(20)17(11-13)28(24,25)21-12-18(16-7-4-10-26-16)27(22,23)14-5-2-1-3-6-14/h1-11,18,21H,12H2. The summed E-state index contributed by atoms with van der Waals surface area (Å²) < 4.78 is 85.1. The van der Waals surface area contributed by atoms with Crippen LogP contribution in [0.2, 0.25) is 0 Å². The third kappa shape index (κ3) is 4.13. The first-order chi connectivity index (χ1) is 13.2. The van der Waals surface area contributed by atoms with Crippen LogP contribution in [0.25, 0.3) is 0 Å². The molecule has 3 rings (SSSR count). The van der Waals surface area contributed by atoms with Gasteiger partial charge in [0.1, 0.15) is 27.5 Å². The molecule has 0 fully saturated rings. The second kappa shape index (κ2) is 7.82. The van der Waals surface area contributed by atoms with Crippen molar-refractivity contribution in [3.05, 3.63) is 84.3 Å². The van der Waals surface area contributed by atoms with Gasteiger partial charge in [0.25, 0.3) is 0 Å². The van der Waals surface area contributed by atoms with Crippen LogP contribution in [0.1, 0.15) is 11.0 Å². The van der Waals surface area contributed by atoms with Crippen LogP contribution in [-0.2, 0) is 19.9 Å². The quantitative estimate of drug-likeness (QED) is 0.626. The second-order valence-corrected chi connectivity index (χ2v) is 9.65. The molecular weight excluding hydrogens is 412 g/mol. The molecule has 0 saturated carbocycles. The van der Waals surface area contributed by atoms with Gasteiger partial charge in [0, 0.05) is 6.54 Å². The van der Waals surface area contributed by atoms with E-state index in [2.05, 4.69) is 0 Å². The highest BCUT2D eigenvalue weighted by Gasteiger charge is 2.33. The Morgan fingerprint density at radius 3 is 2.29 bits per heavy atom. The predicted octanol–water partition coefficient (Wildman–Crippen LogP) is 3.05. The summed E-state index contributed by atoms with van der Waals surface area (Å²) in [7, 11) is -8.55. The van der Waals surface area contributed by atoms with Crippen LogP contribution in [0.5, 0.6) is 0 Å². The topological polar surface area (TPSA) is 93.4 Å². The molecule has 0 aliphatic rings. The highest BCUT2D eigenvalue weighted by molar-refractivity contribution is 7.92. The molecule has 1 heterocycles. The number of furan rings is 1. The fourth-order valence-corrected chi connectivity index (χ4v) is 5.41. The molecule has 3 aromatic rings. The zero-order chi connectivity index (χ0) is 20.4. The van der Waals surface area contributed by atoms with E-state index < -0.39 is 48.2 Å². The lowest BCUT2D eigenvalue weighted by Gasteiger charge is -2.17. The minimum absolute atomic E-state index is 0.00580. The molecule has 148 valence electrons. The molecule has 0 saturated heterocycles. The molecule has 1 atom stereocenters. The normalized spacial score (nSPS) is 13.4. The molecular formula is C18H15F2NO5S2. The lowest BCUT2D eigenvalue weighted by Crippen LogP contribution is -2.32. The van der Waals surface area contributed by atoms with Crippen molar-refractivity contribution < 1.29 is 30.0 Å². The zero-order valence-electron chi connectivity index (χ0n) is 14.2. The second-order valence-electron chi connectivity index (χ2n) is 5.79. The Morgan fingerprint density at radius 2 is 1.64 bits per heavy atom. The van der Waals surface area contributed by atoms with E-state index in [1.54, 1.807) is 6.07 Å². The van der Waals surface area contributed by atoms with E-state index in [0.29, 0.717) is 12.1 Å². The number of hydrogen-bond donors (Lipinski definition) is 1. The van der Waals surface area contributed by atoms with Crippen molar-refractivity contribution in [1.82, 2.24) is 4.72 Å². The summed E-state index contributed by atoms with van der Waals surface area (Å²) in [5.41, 5.74) is 0. The minimum atomic E-state index is -4.51. The smallest absolute Gasteiger partial charge is 0.243 e. The fourth-order valence-electron chi connectivity index (χ4n) is 2.56. The highest BCUT2D eigenvalue weighted by atomic mass is 32.2. The number of sulfone groups is 1. The Morgan fingerprint density at radius 1 is 0.929 bits per heavy atom. The lowest BCUT2D eigenvalue weighted by molar-refractivity contribution is 0.486. The van der Waals surface area contributed by atoms with Crippen LogP contribution in [0.3, 0.4) is 0 Å². The van der Waals surface area contributed by atoms with Gasteiger partial charge >= 0.3 is 0 Å². The largest absolute Gasteiger partial charge is 0.468 e. The third-order valence-corrected chi connectivity index (χ3v) is 7.46. The molecule has 0 radical (unpaired) electrons. The number of halogens is 2. The summed E-state index contributed by atoms with van der Waals surface area (Å²) in [5.74, 6) is -2.10. The highest BCUT2D eigenvalue weighted by Crippen LogP contribution is 2.29. The monoisotopic (exact) mass is 427 g/mol. The summed E-state index contributed by atoms with van der Waals surface area (Å²) in [6, 6.07) is 12.2. The van der Waals surface area contributed by atoms with Crippen molar-refractivity contribution in [1.29, 1.82) is 0 Å². The van der Waals surface area contributed by atoms with Crippen LogP contribution in [0.15, 0.2) is 81.1 Å². The maximum Gasteiger partial charge on any atom is 0.243 e. The molecule has 1 aromatic heterocycles. The molecule has 1 unspecified atom stereocenters. The van der Waals surface area contributed by atoms with E-state index in [0.717, 1.165) is 6.07 Å². The van der Waals surface area contributed by atoms with Gasteiger partial charge in [-0.1, -0.05) is 18.2 Å². The van der Waals surface area contributed by atoms with E-state index in [4.69, 9.17) is 4.42 Å². The summed E-state index contributed by atoms with van der Waals surface area (Å²) in [5, 5.41) is -1.41. The van der Waals surface area contributed by atoms with Crippen molar-refractivity contribution in [3.8, 4) is 0 Å². The minimum Gasteiger partial charge on any atom is -0.468 e. The molecule has 1 N–H and O–H groups in total. The summed E-state index contributed by atoms with van der Waals surface area (Å²) >= 11 is 0. The van der Waals surface area contributed by atoms with Gasteiger partial charge in [-0.25, -0.2) is 30.3 Å². The van der Waals surface area contributed by atoms with Gasteiger partial charge < -0.3 is 4.42 Å². The van der Waals surface area contributed by atoms with Crippen molar-refractivity contribution in [3.63, 3.8) is 0 Å². The SMILES string of the molecule is O=S(=O)(NCC(c1ccco1)S(=O)(=O)c1ccccc1)c1cc(F)ccc1F. The summed E-state index contributed by atoms with van der Waals surface area (Å²) in [6.45, 7) is -0.636. The van der Waals surface area contributed by atoms with E-state index in [1.165, 1.54) is 42.7 Å². The average Bonchev–Trinajstić information content (AvgIpc) is 3.18. The molecule has 28 heavy (non-hydrogen) atoms. The molecule has 0 aliphatic carbocycles. The van der Waals surface area contributed by atoms with E-state index in [1.807, 2.05) is 4.72 Å². The number of hydrogen-bond acceptors (Lipinski definition) is 5. The van der Waals surface area contributed by atoms with Gasteiger partial charge in [-0.05, 0) is 42.5 Å². The first-order valence-electron chi connectivity index (χ1n) is 7.99. The van der Waals surface area contributed by atoms with Crippen LogP contribution in [0.4, 0.5) is 8.78 Å². The average molecular weight is 427 g/mol. The molecule has 0 spiro atoms. The Bertz CT molecular complexity index is 1160. The van der Waals surface area contributed by atoms with Crippen molar-refractivity contribution in [2.75, 3.05) is 6.54 Å². The number of benzene rings is 2. The third-order valence-electron chi connectivity index (χ3n) is 3.95. The van der Waals surface area contributed by atoms with Crippen LogP contribution in [-0.4, -0.2) is 23.4 Å². The molecule has 6 nitrogen and oxygen atoms in total. The van der Waals surface area contributed by atoms with Gasteiger partial charge in [0.2, 0.25) is 10.0 Å². The van der Waals surface area contributed by atoms with Gasteiger partial charge in [-0.3, -0.25) is 0 Å². The van der Waals surface area contributed by atoms with E-state index in [9.17, 15) is 25.6 Å². The van der Waals surface area contributed by atoms with Crippen molar-refractivity contribution >= 4 is 19.9 Å². The molecule has 10 heteroatoms. The number of rotatable bonds is 7. The van der Waals surface area contributed by atoms with E-state index in [-0.39, 0.29) is 10.7 Å². The van der Waals surface area contributed by atoms with Crippen LogP contribution in [0, 0.1) is 11.6 Å². The fraction of sp³-hybridized carbons (Fsp3) is 0.111. The van der Waals surface area contributed by atoms with Gasteiger partial charge in [0.15, 0.2) is 9.84 Å². The van der Waals surface area contributed by atoms with Crippen molar-refractivity contribution in [2.24, 2.45) is 0 Å². The zero-order valence-corrected chi connectivity index (χ0v) is 15.9. The Labute approximate surface area is 160 Å². The first-order valence-corrected chi connectivity index (χ1v) is 11.0. The number of nitrogens with one attached hydrogen (secondary N) is 1. The molecule has 0 aliphatic heterocycles. The molecule has 2 aromatic carbocycles. The molecule has 0 bridgehead atoms. The Kier molecular flexibility index (Phi) is 5.64. The first kappa shape index (κ1) is 20.2. The summed E-state index contributed by atoms with van der Waals surface area (Å²) in [4.78, 5) is -0.949. The van der Waals surface area contributed by atoms with Gasteiger partial charge in [0.05, 0.1) is 11.2 Å².